The maximum Gasteiger partial charge on any atom is 0.244 e. The molecule has 0 saturated carbocycles. The van der Waals surface area contributed by atoms with Gasteiger partial charge in [0.2, 0.25) is 11.4 Å². The molecule has 0 rings (SSSR count). The van der Waals surface area contributed by atoms with E-state index in [1.165, 1.54) is 13.8 Å². The summed E-state index contributed by atoms with van der Waals surface area (Å²) in [6.07, 6.45) is 3.32. The number of rotatable bonds is 12. The number of hydrogen-bond acceptors (Lipinski definition) is 5. The van der Waals surface area contributed by atoms with Crippen molar-refractivity contribution < 1.29 is 23.9 Å². The SMILES string of the molecule is CCCCOCC(=O)C(OCCCC)(C(C)=O)C(C)=O. The van der Waals surface area contributed by atoms with Gasteiger partial charge in [-0.05, 0) is 26.7 Å². The number of Topliss-reactive ketones (excluding diaryl/α,β-unsaturated/α-hetero) is 3. The Hall–Kier alpha value is -1.07. The summed E-state index contributed by atoms with van der Waals surface area (Å²) in [4.78, 5) is 35.8. The topological polar surface area (TPSA) is 69.7 Å². The van der Waals surface area contributed by atoms with Crippen molar-refractivity contribution in [3.05, 3.63) is 0 Å². The first kappa shape index (κ1) is 18.9. The van der Waals surface area contributed by atoms with Crippen LogP contribution in [0, 0.1) is 0 Å². The molecule has 0 heterocycles. The molecule has 0 radical (unpaired) electrons. The molecule has 0 fully saturated rings. The van der Waals surface area contributed by atoms with Crippen LogP contribution in [0.2, 0.25) is 0 Å². The van der Waals surface area contributed by atoms with Crippen molar-refractivity contribution in [3.63, 3.8) is 0 Å². The fourth-order valence-electron chi connectivity index (χ4n) is 1.81. The van der Waals surface area contributed by atoms with Crippen molar-refractivity contribution in [3.8, 4) is 0 Å². The minimum Gasteiger partial charge on any atom is -0.374 e. The normalized spacial score (nSPS) is 11.4. The van der Waals surface area contributed by atoms with Gasteiger partial charge in [0.25, 0.3) is 0 Å². The van der Waals surface area contributed by atoms with Crippen molar-refractivity contribution in [2.75, 3.05) is 19.8 Å². The summed E-state index contributed by atoms with van der Waals surface area (Å²) >= 11 is 0. The monoisotopic (exact) mass is 286 g/mol. The summed E-state index contributed by atoms with van der Waals surface area (Å²) in [6.45, 7) is 6.75. The zero-order chi connectivity index (χ0) is 15.6. The molecule has 0 aromatic heterocycles. The first-order valence-electron chi connectivity index (χ1n) is 7.20. The molecular formula is C15H26O5. The van der Waals surface area contributed by atoms with Gasteiger partial charge in [0.05, 0.1) is 0 Å². The maximum absolute atomic E-state index is 12.2. The highest BCUT2D eigenvalue weighted by atomic mass is 16.5. The summed E-state index contributed by atoms with van der Waals surface area (Å²) in [5, 5.41) is 0. The Morgan fingerprint density at radius 2 is 1.40 bits per heavy atom. The molecule has 0 aliphatic carbocycles. The van der Waals surface area contributed by atoms with Gasteiger partial charge in [-0.15, -0.1) is 0 Å². The summed E-state index contributed by atoms with van der Waals surface area (Å²) in [7, 11) is 0. The molecule has 0 aliphatic rings. The fraction of sp³-hybridized carbons (Fsp3) is 0.800. The molecule has 5 nitrogen and oxygen atoms in total. The number of ketones is 3. The van der Waals surface area contributed by atoms with Gasteiger partial charge in [0, 0.05) is 13.2 Å². The van der Waals surface area contributed by atoms with Crippen LogP contribution in [0.25, 0.3) is 0 Å². The Morgan fingerprint density at radius 3 is 1.85 bits per heavy atom. The average Bonchev–Trinajstić information content (AvgIpc) is 2.38. The zero-order valence-corrected chi connectivity index (χ0v) is 13.0. The Labute approximate surface area is 121 Å². The highest BCUT2D eigenvalue weighted by Crippen LogP contribution is 2.18. The molecule has 5 heteroatoms. The lowest BCUT2D eigenvalue weighted by atomic mass is 9.89. The molecule has 0 aromatic carbocycles. The fourth-order valence-corrected chi connectivity index (χ4v) is 1.81. The third-order valence-corrected chi connectivity index (χ3v) is 3.08. The van der Waals surface area contributed by atoms with Crippen LogP contribution in [-0.4, -0.2) is 42.8 Å². The first-order valence-corrected chi connectivity index (χ1v) is 7.20. The molecule has 0 amide bonds. The van der Waals surface area contributed by atoms with Crippen LogP contribution in [0.15, 0.2) is 0 Å². The molecule has 116 valence electrons. The van der Waals surface area contributed by atoms with Gasteiger partial charge in [-0.25, -0.2) is 0 Å². The van der Waals surface area contributed by atoms with Gasteiger partial charge in [0.15, 0.2) is 11.6 Å². The largest absolute Gasteiger partial charge is 0.374 e. The zero-order valence-electron chi connectivity index (χ0n) is 13.0. The Morgan fingerprint density at radius 1 is 0.900 bits per heavy atom. The molecule has 0 N–H and O–H groups in total. The molecule has 0 unspecified atom stereocenters. The molecule has 0 aliphatic heterocycles. The number of carbonyl (C=O) groups excluding carboxylic acids is 3. The van der Waals surface area contributed by atoms with Gasteiger partial charge in [-0.2, -0.15) is 0 Å². The lowest BCUT2D eigenvalue weighted by molar-refractivity contribution is -0.166. The van der Waals surface area contributed by atoms with Crippen molar-refractivity contribution in [1.82, 2.24) is 0 Å². The first-order chi connectivity index (χ1) is 9.43. The predicted molar refractivity (Wildman–Crippen MR) is 75.7 cm³/mol. The predicted octanol–water partition coefficient (Wildman–Crippen LogP) is 2.11. The van der Waals surface area contributed by atoms with Gasteiger partial charge >= 0.3 is 0 Å². The number of unbranched alkanes of at least 4 members (excludes halogenated alkanes) is 2. The maximum atomic E-state index is 12.2. The Balaban J connectivity index is 4.84. The van der Waals surface area contributed by atoms with Gasteiger partial charge in [-0.1, -0.05) is 26.7 Å². The Kier molecular flexibility index (Phi) is 9.25. The molecule has 0 spiro atoms. The number of carbonyl (C=O) groups is 3. The molecule has 0 saturated heterocycles. The second-order valence-corrected chi connectivity index (χ2v) is 4.82. The van der Waals surface area contributed by atoms with Crippen LogP contribution in [-0.2, 0) is 23.9 Å². The quantitative estimate of drug-likeness (QED) is 0.406. The molecule has 0 atom stereocenters. The minimum absolute atomic E-state index is 0.205. The van der Waals surface area contributed by atoms with Gasteiger partial charge in [0.1, 0.15) is 6.61 Å². The van der Waals surface area contributed by atoms with Crippen molar-refractivity contribution in [2.45, 2.75) is 59.0 Å². The highest BCUT2D eigenvalue weighted by molar-refractivity contribution is 6.27. The van der Waals surface area contributed by atoms with E-state index < -0.39 is 23.0 Å². The highest BCUT2D eigenvalue weighted by Gasteiger charge is 2.48. The van der Waals surface area contributed by atoms with Crippen LogP contribution in [0.1, 0.15) is 53.4 Å². The molecule has 0 aromatic rings. The van der Waals surface area contributed by atoms with Gasteiger partial charge in [-0.3, -0.25) is 14.4 Å². The van der Waals surface area contributed by atoms with E-state index in [1.54, 1.807) is 0 Å². The number of hydrogen-bond donors (Lipinski definition) is 0. The smallest absolute Gasteiger partial charge is 0.244 e. The van der Waals surface area contributed by atoms with E-state index in [0.29, 0.717) is 13.0 Å². The van der Waals surface area contributed by atoms with Crippen LogP contribution in [0.3, 0.4) is 0 Å². The van der Waals surface area contributed by atoms with Crippen LogP contribution >= 0.6 is 0 Å². The third-order valence-electron chi connectivity index (χ3n) is 3.08. The van der Waals surface area contributed by atoms with Crippen LogP contribution < -0.4 is 0 Å². The standard InChI is InChI=1S/C15H26O5/c1-5-7-9-19-11-14(18)15(12(3)16,13(4)17)20-10-8-6-2/h5-11H2,1-4H3. The van der Waals surface area contributed by atoms with Gasteiger partial charge < -0.3 is 9.47 Å². The van der Waals surface area contributed by atoms with E-state index in [4.69, 9.17) is 9.47 Å². The van der Waals surface area contributed by atoms with Crippen LogP contribution in [0.5, 0.6) is 0 Å². The summed E-state index contributed by atoms with van der Waals surface area (Å²) in [5.74, 6) is -1.76. The lowest BCUT2D eigenvalue weighted by Gasteiger charge is -2.27. The summed E-state index contributed by atoms with van der Waals surface area (Å²) in [6, 6.07) is 0. The van der Waals surface area contributed by atoms with Crippen molar-refractivity contribution >= 4 is 17.3 Å². The minimum atomic E-state index is -1.98. The summed E-state index contributed by atoms with van der Waals surface area (Å²) in [5.41, 5.74) is -1.98. The van der Waals surface area contributed by atoms with E-state index in [0.717, 1.165) is 19.3 Å². The lowest BCUT2D eigenvalue weighted by Crippen LogP contribution is -2.55. The second kappa shape index (κ2) is 9.77. The van der Waals surface area contributed by atoms with E-state index in [9.17, 15) is 14.4 Å². The molecule has 20 heavy (non-hydrogen) atoms. The van der Waals surface area contributed by atoms with Crippen molar-refractivity contribution in [2.24, 2.45) is 0 Å². The summed E-state index contributed by atoms with van der Waals surface area (Å²) < 4.78 is 10.6. The Bertz CT molecular complexity index is 321. The molecule has 0 bridgehead atoms. The van der Waals surface area contributed by atoms with E-state index in [1.807, 2.05) is 13.8 Å². The van der Waals surface area contributed by atoms with E-state index >= 15 is 0 Å². The van der Waals surface area contributed by atoms with E-state index in [-0.39, 0.29) is 13.2 Å². The average molecular weight is 286 g/mol. The second-order valence-electron chi connectivity index (χ2n) is 4.82. The van der Waals surface area contributed by atoms with Crippen molar-refractivity contribution in [1.29, 1.82) is 0 Å². The van der Waals surface area contributed by atoms with E-state index in [2.05, 4.69) is 0 Å². The number of ether oxygens (including phenoxy) is 2. The third kappa shape index (κ3) is 5.13. The molecular weight excluding hydrogens is 260 g/mol. The van der Waals surface area contributed by atoms with Crippen LogP contribution in [0.4, 0.5) is 0 Å².